The van der Waals surface area contributed by atoms with Crippen molar-refractivity contribution in [3.05, 3.63) is 70.8 Å². The number of nitriles is 2. The second-order valence-electron chi connectivity index (χ2n) is 4.63. The first-order valence-electron chi connectivity index (χ1n) is 6.67. The maximum Gasteiger partial charge on any atom is 0.130 e. The first-order valence-corrected chi connectivity index (χ1v) is 6.67. The van der Waals surface area contributed by atoms with Crippen molar-refractivity contribution in [1.82, 2.24) is 0 Å². The predicted molar refractivity (Wildman–Crippen MR) is 80.7 cm³/mol. The number of allylic oxidation sites excluding steroid dienone is 1. The lowest BCUT2D eigenvalue weighted by atomic mass is 10.1. The van der Waals surface area contributed by atoms with Gasteiger partial charge in [-0.05, 0) is 41.0 Å². The van der Waals surface area contributed by atoms with Crippen molar-refractivity contribution in [2.24, 2.45) is 0 Å². The van der Waals surface area contributed by atoms with Crippen molar-refractivity contribution in [1.29, 1.82) is 10.5 Å². The molecule has 0 saturated carbocycles. The number of hydrogen-bond acceptors (Lipinski definition) is 5. The average Bonchev–Trinajstić information content (AvgIpc) is 2.59. The van der Waals surface area contributed by atoms with Crippen molar-refractivity contribution < 1.29 is 14.6 Å². The minimum atomic E-state index is -1.23. The van der Waals surface area contributed by atoms with Gasteiger partial charge in [-0.1, -0.05) is 30.3 Å². The standard InChI is InChI=1S/C18H12N2O3/c19-10-15(11-20)8-13-4-6-17(7-5-13)23-12-14-2-1-3-16(9-14)18(21)22/h1-9H,12H2,(H,21,22)/p-1. The van der Waals surface area contributed by atoms with Crippen molar-refractivity contribution in [3.8, 4) is 17.9 Å². The molecule has 0 aliphatic carbocycles. The molecule has 0 unspecified atom stereocenters. The largest absolute Gasteiger partial charge is 0.545 e. The normalized spacial score (nSPS) is 9.30. The molecule has 0 saturated heterocycles. The summed E-state index contributed by atoms with van der Waals surface area (Å²) >= 11 is 0. The summed E-state index contributed by atoms with van der Waals surface area (Å²) in [5, 5.41) is 28.2. The van der Waals surface area contributed by atoms with Gasteiger partial charge in [0.25, 0.3) is 0 Å². The van der Waals surface area contributed by atoms with Crippen molar-refractivity contribution in [2.75, 3.05) is 0 Å². The molecule has 0 fully saturated rings. The van der Waals surface area contributed by atoms with Crippen LogP contribution in [0.3, 0.4) is 0 Å². The first-order chi connectivity index (χ1) is 11.1. The van der Waals surface area contributed by atoms with Crippen LogP contribution in [0.4, 0.5) is 0 Å². The molecule has 112 valence electrons. The smallest absolute Gasteiger partial charge is 0.130 e. The van der Waals surface area contributed by atoms with Crippen LogP contribution in [0.25, 0.3) is 6.08 Å². The van der Waals surface area contributed by atoms with E-state index in [-0.39, 0.29) is 17.7 Å². The lowest BCUT2D eigenvalue weighted by molar-refractivity contribution is -0.255. The fourth-order valence-corrected chi connectivity index (χ4v) is 1.87. The summed E-state index contributed by atoms with van der Waals surface area (Å²) in [5.74, 6) is -0.634. The number of carboxylic acid groups (broad SMARTS) is 1. The minimum Gasteiger partial charge on any atom is -0.545 e. The van der Waals surface area contributed by atoms with Crippen molar-refractivity contribution in [3.63, 3.8) is 0 Å². The Labute approximate surface area is 133 Å². The summed E-state index contributed by atoms with van der Waals surface area (Å²) in [7, 11) is 0. The highest BCUT2D eigenvalue weighted by Crippen LogP contribution is 2.16. The number of carboxylic acids is 1. The number of hydrogen-bond donors (Lipinski definition) is 0. The van der Waals surface area contributed by atoms with Crippen molar-refractivity contribution >= 4 is 12.0 Å². The highest BCUT2D eigenvalue weighted by molar-refractivity contribution is 5.85. The number of rotatable bonds is 5. The van der Waals surface area contributed by atoms with Gasteiger partial charge in [0.05, 0.1) is 5.97 Å². The van der Waals surface area contributed by atoms with Gasteiger partial charge in [0.1, 0.15) is 30.1 Å². The minimum absolute atomic E-state index is 0.0257. The molecule has 0 aliphatic rings. The second kappa shape index (κ2) is 7.44. The zero-order valence-electron chi connectivity index (χ0n) is 12.0. The van der Waals surface area contributed by atoms with Gasteiger partial charge < -0.3 is 14.6 Å². The van der Waals surface area contributed by atoms with E-state index in [0.29, 0.717) is 11.3 Å². The lowest BCUT2D eigenvalue weighted by Gasteiger charge is -2.08. The van der Waals surface area contributed by atoms with E-state index in [1.165, 1.54) is 18.2 Å². The molecule has 0 bridgehead atoms. The molecule has 5 heteroatoms. The quantitative estimate of drug-likeness (QED) is 0.787. The number of benzene rings is 2. The van der Waals surface area contributed by atoms with Crippen molar-refractivity contribution in [2.45, 2.75) is 6.61 Å². The van der Waals surface area contributed by atoms with E-state index in [0.717, 1.165) is 5.56 Å². The monoisotopic (exact) mass is 303 g/mol. The molecule has 0 aliphatic heterocycles. The summed E-state index contributed by atoms with van der Waals surface area (Å²) in [6, 6.07) is 16.8. The molecule has 0 radical (unpaired) electrons. The Balaban J connectivity index is 2.04. The molecule has 0 atom stereocenters. The fourth-order valence-electron chi connectivity index (χ4n) is 1.87. The summed E-state index contributed by atoms with van der Waals surface area (Å²) in [5.41, 5.74) is 1.56. The zero-order valence-corrected chi connectivity index (χ0v) is 12.0. The summed E-state index contributed by atoms with van der Waals surface area (Å²) < 4.78 is 5.58. The van der Waals surface area contributed by atoms with Crippen LogP contribution in [0.5, 0.6) is 5.75 Å². The van der Waals surface area contributed by atoms with Gasteiger partial charge in [-0.25, -0.2) is 0 Å². The number of aromatic carboxylic acids is 1. The van der Waals surface area contributed by atoms with Crippen LogP contribution in [0.1, 0.15) is 21.5 Å². The van der Waals surface area contributed by atoms with Gasteiger partial charge >= 0.3 is 0 Å². The Morgan fingerprint density at radius 1 is 1.13 bits per heavy atom. The van der Waals surface area contributed by atoms with Gasteiger partial charge in [0.15, 0.2) is 0 Å². The Morgan fingerprint density at radius 3 is 2.43 bits per heavy atom. The Morgan fingerprint density at radius 2 is 1.83 bits per heavy atom. The highest BCUT2D eigenvalue weighted by atomic mass is 16.5. The van der Waals surface area contributed by atoms with E-state index in [4.69, 9.17) is 15.3 Å². The Bertz CT molecular complexity index is 809. The van der Waals surface area contributed by atoms with Gasteiger partial charge in [-0.2, -0.15) is 10.5 Å². The van der Waals surface area contributed by atoms with E-state index >= 15 is 0 Å². The topological polar surface area (TPSA) is 96.9 Å². The van der Waals surface area contributed by atoms with Crippen LogP contribution in [-0.4, -0.2) is 5.97 Å². The van der Waals surface area contributed by atoms with E-state index in [1.54, 1.807) is 48.5 Å². The molecule has 2 aromatic rings. The molecule has 0 N–H and O–H groups in total. The predicted octanol–water partition coefficient (Wildman–Crippen LogP) is 2.06. The van der Waals surface area contributed by atoms with E-state index in [9.17, 15) is 9.90 Å². The molecule has 2 rings (SSSR count). The van der Waals surface area contributed by atoms with Crippen LogP contribution in [0, 0.1) is 22.7 Å². The van der Waals surface area contributed by atoms with E-state index in [2.05, 4.69) is 0 Å². The molecule has 0 heterocycles. The molecule has 23 heavy (non-hydrogen) atoms. The van der Waals surface area contributed by atoms with Gasteiger partial charge in [0, 0.05) is 0 Å². The second-order valence-corrected chi connectivity index (χ2v) is 4.63. The number of carbonyl (C=O) groups excluding carboxylic acids is 1. The molecule has 5 nitrogen and oxygen atoms in total. The highest BCUT2D eigenvalue weighted by Gasteiger charge is 2.00. The van der Waals surface area contributed by atoms with Crippen LogP contribution >= 0.6 is 0 Å². The van der Waals surface area contributed by atoms with Crippen LogP contribution in [-0.2, 0) is 6.61 Å². The summed E-state index contributed by atoms with van der Waals surface area (Å²) in [4.78, 5) is 10.8. The van der Waals surface area contributed by atoms with Crippen LogP contribution < -0.4 is 9.84 Å². The zero-order chi connectivity index (χ0) is 16.7. The molecule has 0 spiro atoms. The maximum atomic E-state index is 10.8. The number of ether oxygens (including phenoxy) is 1. The summed E-state index contributed by atoms with van der Waals surface area (Å²) in [6.07, 6.45) is 1.48. The third-order valence-electron chi connectivity index (χ3n) is 3.00. The summed E-state index contributed by atoms with van der Waals surface area (Å²) in [6.45, 7) is 0.220. The number of carbonyl (C=O) groups is 1. The van der Waals surface area contributed by atoms with E-state index in [1.807, 2.05) is 0 Å². The molecular weight excluding hydrogens is 292 g/mol. The fraction of sp³-hybridized carbons (Fsp3) is 0.0556. The van der Waals surface area contributed by atoms with Gasteiger partial charge in [-0.15, -0.1) is 0 Å². The van der Waals surface area contributed by atoms with Gasteiger partial charge in [0.2, 0.25) is 0 Å². The van der Waals surface area contributed by atoms with Crippen LogP contribution in [0.2, 0.25) is 0 Å². The maximum absolute atomic E-state index is 10.8. The van der Waals surface area contributed by atoms with Gasteiger partial charge in [-0.3, -0.25) is 0 Å². The molecule has 2 aromatic carbocycles. The third kappa shape index (κ3) is 4.45. The number of nitrogens with zero attached hydrogens (tertiary/aromatic N) is 2. The lowest BCUT2D eigenvalue weighted by Crippen LogP contribution is -2.22. The van der Waals surface area contributed by atoms with E-state index < -0.39 is 5.97 Å². The molecule has 0 amide bonds. The molecule has 0 aromatic heterocycles. The Kier molecular flexibility index (Phi) is 5.12. The first kappa shape index (κ1) is 15.8. The Hall–Kier alpha value is -3.57. The average molecular weight is 303 g/mol. The SMILES string of the molecule is N#CC(C#N)=Cc1ccc(OCc2cccc(C(=O)[O-])c2)cc1. The third-order valence-corrected chi connectivity index (χ3v) is 3.00. The van der Waals surface area contributed by atoms with Crippen LogP contribution in [0.15, 0.2) is 54.1 Å². The molecular formula is C18H11N2O3-.